The number of sulfonamides is 1. The smallest absolute Gasteiger partial charge is 0.264 e. The summed E-state index contributed by atoms with van der Waals surface area (Å²) in [4.78, 5) is 29.8. The van der Waals surface area contributed by atoms with Gasteiger partial charge in [-0.2, -0.15) is 0 Å². The van der Waals surface area contributed by atoms with Gasteiger partial charge in [-0.15, -0.1) is 0 Å². The number of amides is 2. The van der Waals surface area contributed by atoms with Gasteiger partial charge in [0.15, 0.2) is 11.5 Å². The second kappa shape index (κ2) is 15.8. The van der Waals surface area contributed by atoms with Gasteiger partial charge in [-0.1, -0.05) is 71.8 Å². The molecule has 1 N–H and O–H groups in total. The Morgan fingerprint density at radius 1 is 0.830 bits per heavy atom. The van der Waals surface area contributed by atoms with Gasteiger partial charge in [-0.25, -0.2) is 8.42 Å². The van der Waals surface area contributed by atoms with Crippen LogP contribution in [0.2, 0.25) is 5.02 Å². The van der Waals surface area contributed by atoms with Crippen LogP contribution < -0.4 is 19.1 Å². The number of hydrogen-bond donors (Lipinski definition) is 1. The zero-order chi connectivity index (χ0) is 34.1. The maximum Gasteiger partial charge on any atom is 0.264 e. The molecule has 47 heavy (non-hydrogen) atoms. The second-order valence-electron chi connectivity index (χ2n) is 11.4. The third-order valence-electron chi connectivity index (χ3n) is 7.47. The third-order valence-corrected chi connectivity index (χ3v) is 9.50. The molecule has 0 heterocycles. The summed E-state index contributed by atoms with van der Waals surface area (Å²) in [6.45, 7) is 5.13. The molecule has 4 aromatic carbocycles. The number of nitrogens with one attached hydrogen (secondary N) is 1. The Hall–Kier alpha value is -4.54. The number of methoxy groups -OCH3 is 2. The lowest BCUT2D eigenvalue weighted by Gasteiger charge is -2.34. The van der Waals surface area contributed by atoms with E-state index in [2.05, 4.69) is 5.32 Å². The minimum Gasteiger partial charge on any atom is -0.493 e. The van der Waals surface area contributed by atoms with Crippen LogP contribution in [0.15, 0.2) is 102 Å². The zero-order valence-corrected chi connectivity index (χ0v) is 28.7. The Balaban J connectivity index is 1.83. The normalized spacial score (nSPS) is 11.9. The molecule has 248 valence electrons. The van der Waals surface area contributed by atoms with E-state index >= 15 is 0 Å². The summed E-state index contributed by atoms with van der Waals surface area (Å²) in [6, 6.07) is 26.3. The van der Waals surface area contributed by atoms with Gasteiger partial charge in [-0.05, 0) is 68.3 Å². The van der Waals surface area contributed by atoms with Crippen molar-refractivity contribution in [1.29, 1.82) is 0 Å². The lowest BCUT2D eigenvalue weighted by molar-refractivity contribution is -0.140. The fourth-order valence-corrected chi connectivity index (χ4v) is 6.74. The summed E-state index contributed by atoms with van der Waals surface area (Å²) in [7, 11) is -1.49. The molecule has 9 nitrogen and oxygen atoms in total. The predicted octanol–water partition coefficient (Wildman–Crippen LogP) is 6.03. The molecular weight excluding hydrogens is 638 g/mol. The number of nitrogens with zero attached hydrogens (tertiary/aromatic N) is 2. The number of ether oxygens (including phenoxy) is 2. The average molecular weight is 678 g/mol. The van der Waals surface area contributed by atoms with E-state index in [1.165, 1.54) is 49.5 Å². The molecule has 0 aliphatic rings. The van der Waals surface area contributed by atoms with Crippen molar-refractivity contribution in [3.8, 4) is 11.5 Å². The van der Waals surface area contributed by atoms with Gasteiger partial charge in [0.25, 0.3) is 10.0 Å². The molecule has 0 saturated heterocycles. The molecule has 0 spiro atoms. The molecular formula is C36H40ClN3O6S. The highest BCUT2D eigenvalue weighted by atomic mass is 35.5. The van der Waals surface area contributed by atoms with Crippen molar-refractivity contribution in [3.63, 3.8) is 0 Å². The third kappa shape index (κ3) is 9.05. The van der Waals surface area contributed by atoms with Crippen LogP contribution in [0, 0.1) is 6.92 Å². The van der Waals surface area contributed by atoms with Gasteiger partial charge >= 0.3 is 0 Å². The van der Waals surface area contributed by atoms with Crippen LogP contribution in [0.3, 0.4) is 0 Å². The number of anilines is 1. The van der Waals surface area contributed by atoms with Crippen LogP contribution in [-0.2, 0) is 32.6 Å². The van der Waals surface area contributed by atoms with Crippen LogP contribution in [0.25, 0.3) is 0 Å². The minimum absolute atomic E-state index is 0.0778. The molecule has 4 rings (SSSR count). The molecule has 0 aliphatic carbocycles. The summed E-state index contributed by atoms with van der Waals surface area (Å²) >= 11 is 6.16. The first-order valence-corrected chi connectivity index (χ1v) is 16.9. The van der Waals surface area contributed by atoms with E-state index in [4.69, 9.17) is 21.1 Å². The number of carbonyl (C=O) groups is 2. The summed E-state index contributed by atoms with van der Waals surface area (Å²) in [5.74, 6) is -0.342. The van der Waals surface area contributed by atoms with Gasteiger partial charge in [0, 0.05) is 30.1 Å². The largest absolute Gasteiger partial charge is 0.493 e. The molecule has 1 atom stereocenters. The van der Waals surface area contributed by atoms with Crippen molar-refractivity contribution in [3.05, 3.63) is 119 Å². The lowest BCUT2D eigenvalue weighted by atomic mass is 10.0. The molecule has 0 bridgehead atoms. The fourth-order valence-electron chi connectivity index (χ4n) is 5.18. The van der Waals surface area contributed by atoms with E-state index in [0.717, 1.165) is 21.0 Å². The molecule has 0 fully saturated rings. The molecule has 0 radical (unpaired) electrons. The van der Waals surface area contributed by atoms with Gasteiger partial charge in [-0.3, -0.25) is 13.9 Å². The van der Waals surface area contributed by atoms with Crippen molar-refractivity contribution in [2.24, 2.45) is 0 Å². The van der Waals surface area contributed by atoms with Crippen molar-refractivity contribution < 1.29 is 27.5 Å². The number of rotatable bonds is 14. The van der Waals surface area contributed by atoms with E-state index in [9.17, 15) is 18.0 Å². The molecule has 11 heteroatoms. The van der Waals surface area contributed by atoms with Crippen molar-refractivity contribution in [2.45, 2.75) is 50.7 Å². The molecule has 0 aromatic heterocycles. The first kappa shape index (κ1) is 35.3. The standard InChI is InChI=1S/C36H40ClN3O6S/c1-25(2)38-36(42)32(21-27-11-7-6-8-12-27)39(23-28-13-9-10-26(3)20-28)35(41)24-40(30-16-14-29(37)15-17-30)47(43,44)31-18-19-33(45-4)34(22-31)46-5/h6-20,22,25,32H,21,23-24H2,1-5H3,(H,38,42). The highest BCUT2D eigenvalue weighted by Crippen LogP contribution is 2.33. The first-order valence-electron chi connectivity index (χ1n) is 15.1. The van der Waals surface area contributed by atoms with Gasteiger partial charge in [0.05, 0.1) is 24.8 Å². The number of hydrogen-bond acceptors (Lipinski definition) is 6. The van der Waals surface area contributed by atoms with Crippen LogP contribution in [0.5, 0.6) is 11.5 Å². The second-order valence-corrected chi connectivity index (χ2v) is 13.7. The summed E-state index contributed by atoms with van der Waals surface area (Å²) in [5.41, 5.74) is 2.86. The van der Waals surface area contributed by atoms with Crippen LogP contribution in [-0.4, -0.2) is 58.0 Å². The maximum atomic E-state index is 14.6. The van der Waals surface area contributed by atoms with E-state index in [1.807, 2.05) is 75.4 Å². The zero-order valence-electron chi connectivity index (χ0n) is 27.1. The number of halogens is 1. The van der Waals surface area contributed by atoms with Crippen molar-refractivity contribution in [1.82, 2.24) is 10.2 Å². The molecule has 1 unspecified atom stereocenters. The fraction of sp³-hybridized carbons (Fsp3) is 0.278. The molecule has 0 aliphatic heterocycles. The highest BCUT2D eigenvalue weighted by molar-refractivity contribution is 7.92. The highest BCUT2D eigenvalue weighted by Gasteiger charge is 2.35. The molecule has 2 amide bonds. The summed E-state index contributed by atoms with van der Waals surface area (Å²) in [6.07, 6.45) is 0.223. The Morgan fingerprint density at radius 2 is 1.49 bits per heavy atom. The quantitative estimate of drug-likeness (QED) is 0.175. The molecule has 0 saturated carbocycles. The average Bonchev–Trinajstić information content (AvgIpc) is 3.05. The van der Waals surface area contributed by atoms with Crippen molar-refractivity contribution >= 4 is 39.1 Å². The van der Waals surface area contributed by atoms with Crippen molar-refractivity contribution in [2.75, 3.05) is 25.1 Å². The Bertz CT molecular complexity index is 1780. The van der Waals surface area contributed by atoms with E-state index < -0.39 is 28.5 Å². The lowest BCUT2D eigenvalue weighted by Crippen LogP contribution is -2.54. The van der Waals surface area contributed by atoms with Crippen LogP contribution >= 0.6 is 11.6 Å². The SMILES string of the molecule is COc1ccc(S(=O)(=O)N(CC(=O)N(Cc2cccc(C)c2)C(Cc2ccccc2)C(=O)NC(C)C)c2ccc(Cl)cc2)cc1OC. The maximum absolute atomic E-state index is 14.6. The van der Waals surface area contributed by atoms with E-state index in [-0.39, 0.29) is 41.2 Å². The number of aryl methyl sites for hydroxylation is 1. The van der Waals surface area contributed by atoms with Gasteiger partial charge in [0.2, 0.25) is 11.8 Å². The Morgan fingerprint density at radius 3 is 2.11 bits per heavy atom. The Kier molecular flexibility index (Phi) is 11.9. The van der Waals surface area contributed by atoms with Gasteiger partial charge < -0.3 is 19.7 Å². The summed E-state index contributed by atoms with van der Waals surface area (Å²) < 4.78 is 40.4. The number of benzene rings is 4. The Labute approximate surface area is 282 Å². The monoisotopic (exact) mass is 677 g/mol. The molecule has 4 aromatic rings. The van der Waals surface area contributed by atoms with Crippen LogP contribution in [0.1, 0.15) is 30.5 Å². The summed E-state index contributed by atoms with van der Waals surface area (Å²) in [5, 5.41) is 3.36. The van der Waals surface area contributed by atoms with E-state index in [1.54, 1.807) is 12.1 Å². The number of carbonyl (C=O) groups excluding carboxylic acids is 2. The van der Waals surface area contributed by atoms with Gasteiger partial charge in [0.1, 0.15) is 12.6 Å². The van der Waals surface area contributed by atoms with Crippen LogP contribution in [0.4, 0.5) is 5.69 Å². The predicted molar refractivity (Wildman–Crippen MR) is 184 cm³/mol. The van der Waals surface area contributed by atoms with E-state index in [0.29, 0.717) is 10.8 Å². The minimum atomic E-state index is -4.35. The topological polar surface area (TPSA) is 105 Å². The first-order chi connectivity index (χ1) is 22.4.